The average molecular weight is 294 g/mol. The Hall–Kier alpha value is -1.10. The van der Waals surface area contributed by atoms with Crippen molar-refractivity contribution in [1.82, 2.24) is 4.98 Å². The van der Waals surface area contributed by atoms with Gasteiger partial charge < -0.3 is 10.0 Å². The Morgan fingerprint density at radius 1 is 1.25 bits per heavy atom. The van der Waals surface area contributed by atoms with Crippen molar-refractivity contribution >= 4 is 22.4 Å². The van der Waals surface area contributed by atoms with Gasteiger partial charge in [-0.05, 0) is 45.4 Å². The molecule has 1 aliphatic heterocycles. The first kappa shape index (κ1) is 13.9. The maximum atomic E-state index is 11.6. The Labute approximate surface area is 123 Å². The zero-order chi connectivity index (χ0) is 14.3. The Morgan fingerprint density at radius 3 is 2.65 bits per heavy atom. The van der Waals surface area contributed by atoms with Gasteiger partial charge in [-0.25, -0.2) is 9.78 Å². The standard InChI is InChI=1S/C15H22N2O2S/c1-9-10(2)20-15(16-9)17-12-6-4-3-5-11(12)7-8-13(17)14(18)19/h11-13H,3-8H2,1-2H3,(H,18,19). The number of carbonyl (C=O) groups is 1. The van der Waals surface area contributed by atoms with Gasteiger partial charge in [0.25, 0.3) is 0 Å². The zero-order valence-electron chi connectivity index (χ0n) is 12.1. The van der Waals surface area contributed by atoms with Crippen LogP contribution in [0.15, 0.2) is 0 Å². The highest BCUT2D eigenvalue weighted by molar-refractivity contribution is 7.15. The van der Waals surface area contributed by atoms with E-state index in [0.29, 0.717) is 12.0 Å². The summed E-state index contributed by atoms with van der Waals surface area (Å²) < 4.78 is 0. The second-order valence-electron chi connectivity index (χ2n) is 6.09. The molecule has 4 nitrogen and oxygen atoms in total. The summed E-state index contributed by atoms with van der Waals surface area (Å²) in [5.41, 5.74) is 1.03. The number of aromatic nitrogens is 1. The average Bonchev–Trinajstić information content (AvgIpc) is 2.77. The predicted octanol–water partition coefficient (Wildman–Crippen LogP) is 3.37. The number of aliphatic carboxylic acids is 1. The van der Waals surface area contributed by atoms with Crippen molar-refractivity contribution in [2.75, 3.05) is 4.90 Å². The first-order valence-corrected chi connectivity index (χ1v) is 8.34. The lowest BCUT2D eigenvalue weighted by Crippen LogP contribution is -2.55. The molecule has 20 heavy (non-hydrogen) atoms. The van der Waals surface area contributed by atoms with E-state index in [2.05, 4.69) is 16.8 Å². The smallest absolute Gasteiger partial charge is 0.326 e. The normalized spacial score (nSPS) is 30.1. The van der Waals surface area contributed by atoms with E-state index >= 15 is 0 Å². The number of piperidine rings is 1. The molecule has 0 spiro atoms. The largest absolute Gasteiger partial charge is 0.480 e. The molecule has 3 unspecified atom stereocenters. The SMILES string of the molecule is Cc1nc(N2C(C(=O)O)CCC3CCCCC32)sc1C. The zero-order valence-corrected chi connectivity index (χ0v) is 12.9. The van der Waals surface area contributed by atoms with Crippen molar-refractivity contribution in [3.63, 3.8) is 0 Å². The van der Waals surface area contributed by atoms with E-state index in [9.17, 15) is 9.90 Å². The fourth-order valence-electron chi connectivity index (χ4n) is 3.72. The summed E-state index contributed by atoms with van der Waals surface area (Å²) in [5.74, 6) is -0.0385. The van der Waals surface area contributed by atoms with Crippen LogP contribution >= 0.6 is 11.3 Å². The molecule has 0 aromatic carbocycles. The molecule has 1 N–H and O–H groups in total. The van der Waals surface area contributed by atoms with E-state index in [1.165, 1.54) is 24.1 Å². The number of hydrogen-bond acceptors (Lipinski definition) is 4. The third kappa shape index (κ3) is 2.32. The molecule has 5 heteroatoms. The Bertz CT molecular complexity index is 494. The summed E-state index contributed by atoms with van der Waals surface area (Å²) in [4.78, 5) is 19.6. The summed E-state index contributed by atoms with van der Waals surface area (Å²) in [6.07, 6.45) is 6.69. The van der Waals surface area contributed by atoms with Crippen LogP contribution in [0.25, 0.3) is 0 Å². The lowest BCUT2D eigenvalue weighted by molar-refractivity contribution is -0.139. The maximum absolute atomic E-state index is 11.6. The van der Waals surface area contributed by atoms with Crippen LogP contribution in [0, 0.1) is 19.8 Å². The minimum atomic E-state index is -0.695. The second kappa shape index (κ2) is 5.35. The number of nitrogens with zero attached hydrogens (tertiary/aromatic N) is 2. The molecular formula is C15H22N2O2S. The van der Waals surface area contributed by atoms with Crippen molar-refractivity contribution in [2.45, 2.75) is 64.5 Å². The lowest BCUT2D eigenvalue weighted by atomic mass is 9.76. The van der Waals surface area contributed by atoms with E-state index in [0.717, 1.165) is 30.1 Å². The molecule has 3 atom stereocenters. The van der Waals surface area contributed by atoms with E-state index in [1.54, 1.807) is 11.3 Å². The summed E-state index contributed by atoms with van der Waals surface area (Å²) in [6, 6.07) is -0.0113. The summed E-state index contributed by atoms with van der Waals surface area (Å²) >= 11 is 1.65. The third-order valence-electron chi connectivity index (χ3n) is 4.90. The number of rotatable bonds is 2. The van der Waals surface area contributed by atoms with Crippen LogP contribution < -0.4 is 4.90 Å². The number of anilines is 1. The van der Waals surface area contributed by atoms with Crippen molar-refractivity contribution in [1.29, 1.82) is 0 Å². The Balaban J connectivity index is 1.97. The van der Waals surface area contributed by atoms with Crippen LogP contribution in [0.1, 0.15) is 49.1 Å². The van der Waals surface area contributed by atoms with Crippen molar-refractivity contribution in [3.05, 3.63) is 10.6 Å². The maximum Gasteiger partial charge on any atom is 0.326 e. The van der Waals surface area contributed by atoms with E-state index in [4.69, 9.17) is 0 Å². The van der Waals surface area contributed by atoms with Gasteiger partial charge in [-0.3, -0.25) is 0 Å². The first-order chi connectivity index (χ1) is 9.58. The third-order valence-corrected chi connectivity index (χ3v) is 5.98. The highest BCUT2D eigenvalue weighted by Gasteiger charge is 2.42. The van der Waals surface area contributed by atoms with Gasteiger partial charge in [-0.2, -0.15) is 0 Å². The van der Waals surface area contributed by atoms with Crippen LogP contribution in [0.5, 0.6) is 0 Å². The van der Waals surface area contributed by atoms with Crippen molar-refractivity contribution in [3.8, 4) is 0 Å². The number of hydrogen-bond donors (Lipinski definition) is 1. The van der Waals surface area contributed by atoms with E-state index < -0.39 is 5.97 Å². The quantitative estimate of drug-likeness (QED) is 0.908. The Kier molecular flexibility index (Phi) is 3.71. The fourth-order valence-corrected chi connectivity index (χ4v) is 4.73. The summed E-state index contributed by atoms with van der Waals surface area (Å²) in [7, 11) is 0. The molecule has 2 aliphatic rings. The molecular weight excluding hydrogens is 272 g/mol. The van der Waals surface area contributed by atoms with Crippen LogP contribution in [-0.4, -0.2) is 28.1 Å². The topological polar surface area (TPSA) is 53.4 Å². The Morgan fingerprint density at radius 2 is 2.00 bits per heavy atom. The number of thiazole rings is 1. The molecule has 0 bridgehead atoms. The van der Waals surface area contributed by atoms with Gasteiger partial charge in [-0.15, -0.1) is 11.3 Å². The molecule has 0 radical (unpaired) electrons. The summed E-state index contributed by atoms with van der Waals surface area (Å²) in [6.45, 7) is 4.07. The molecule has 0 amide bonds. The van der Waals surface area contributed by atoms with E-state index in [-0.39, 0.29) is 6.04 Å². The fraction of sp³-hybridized carbons (Fsp3) is 0.733. The van der Waals surface area contributed by atoms with Gasteiger partial charge in [0.1, 0.15) is 6.04 Å². The van der Waals surface area contributed by atoms with Gasteiger partial charge in [0.2, 0.25) is 0 Å². The summed E-state index contributed by atoms with van der Waals surface area (Å²) in [5, 5.41) is 10.5. The lowest BCUT2D eigenvalue weighted by Gasteiger charge is -2.47. The number of aryl methyl sites for hydroxylation is 2. The number of fused-ring (bicyclic) bond motifs is 1. The molecule has 3 rings (SSSR count). The van der Waals surface area contributed by atoms with Gasteiger partial charge in [0, 0.05) is 10.9 Å². The van der Waals surface area contributed by atoms with Gasteiger partial charge in [0.15, 0.2) is 5.13 Å². The molecule has 1 aromatic rings. The van der Waals surface area contributed by atoms with Crippen LogP contribution in [0.4, 0.5) is 5.13 Å². The monoisotopic (exact) mass is 294 g/mol. The van der Waals surface area contributed by atoms with Crippen LogP contribution in [-0.2, 0) is 4.79 Å². The van der Waals surface area contributed by atoms with Crippen molar-refractivity contribution < 1.29 is 9.90 Å². The van der Waals surface area contributed by atoms with Gasteiger partial charge in [-0.1, -0.05) is 12.8 Å². The molecule has 1 aromatic heterocycles. The molecule has 110 valence electrons. The number of carboxylic acid groups (broad SMARTS) is 1. The highest BCUT2D eigenvalue weighted by atomic mass is 32.1. The van der Waals surface area contributed by atoms with Crippen LogP contribution in [0.2, 0.25) is 0 Å². The molecule has 2 heterocycles. The highest BCUT2D eigenvalue weighted by Crippen LogP contribution is 2.42. The molecule has 2 fully saturated rings. The van der Waals surface area contributed by atoms with Gasteiger partial charge >= 0.3 is 5.97 Å². The number of carboxylic acids is 1. The predicted molar refractivity (Wildman–Crippen MR) is 80.5 cm³/mol. The minimum absolute atomic E-state index is 0.378. The van der Waals surface area contributed by atoms with E-state index in [1.807, 2.05) is 6.92 Å². The minimum Gasteiger partial charge on any atom is -0.480 e. The first-order valence-electron chi connectivity index (χ1n) is 7.53. The van der Waals surface area contributed by atoms with Crippen molar-refractivity contribution in [2.24, 2.45) is 5.92 Å². The molecule has 1 saturated carbocycles. The molecule has 1 aliphatic carbocycles. The molecule has 1 saturated heterocycles. The second-order valence-corrected chi connectivity index (χ2v) is 7.27. The van der Waals surface area contributed by atoms with Crippen LogP contribution in [0.3, 0.4) is 0 Å². The van der Waals surface area contributed by atoms with Gasteiger partial charge in [0.05, 0.1) is 5.69 Å².